The summed E-state index contributed by atoms with van der Waals surface area (Å²) >= 11 is 0. The lowest BCUT2D eigenvalue weighted by Crippen LogP contribution is -2.50. The summed E-state index contributed by atoms with van der Waals surface area (Å²) in [6, 6.07) is 4.19. The van der Waals surface area contributed by atoms with E-state index in [1.54, 1.807) is 39.1 Å². The van der Waals surface area contributed by atoms with E-state index in [1.165, 1.54) is 33.3 Å². The molecule has 2 saturated carbocycles. The van der Waals surface area contributed by atoms with E-state index < -0.39 is 29.9 Å². The van der Waals surface area contributed by atoms with Crippen molar-refractivity contribution in [2.45, 2.75) is 76.4 Å². The zero-order valence-corrected chi connectivity index (χ0v) is 22.2. The van der Waals surface area contributed by atoms with E-state index in [-0.39, 0.29) is 59.0 Å². The molecule has 5 rings (SSSR count). The van der Waals surface area contributed by atoms with E-state index in [9.17, 15) is 23.9 Å². The highest BCUT2D eigenvalue weighted by Gasteiger charge is 2.33. The van der Waals surface area contributed by atoms with Gasteiger partial charge in [-0.3, -0.25) is 14.5 Å². The Bertz CT molecular complexity index is 1470. The van der Waals surface area contributed by atoms with Gasteiger partial charge in [-0.25, -0.2) is 14.2 Å². The van der Waals surface area contributed by atoms with Crippen molar-refractivity contribution in [1.29, 1.82) is 0 Å². The number of aliphatic hydroxyl groups is 1. The quantitative estimate of drug-likeness (QED) is 0.432. The second-order valence-corrected chi connectivity index (χ2v) is 11.0. The highest BCUT2D eigenvalue weighted by molar-refractivity contribution is 6.00. The lowest BCUT2D eigenvalue weighted by atomic mass is 9.89. The molecular weight excluding hydrogens is 509 g/mol. The van der Waals surface area contributed by atoms with Crippen LogP contribution in [-0.2, 0) is 4.74 Å². The number of nitrogens with one attached hydrogen (secondary N) is 2. The summed E-state index contributed by atoms with van der Waals surface area (Å²) in [5, 5.41) is 20.0. The molecule has 3 heterocycles. The highest BCUT2D eigenvalue weighted by Crippen LogP contribution is 2.34. The van der Waals surface area contributed by atoms with Crippen molar-refractivity contribution in [3.8, 4) is 0 Å². The Morgan fingerprint density at radius 3 is 2.62 bits per heavy atom. The number of aliphatic hydroxyl groups excluding tert-OH is 1. The molecule has 0 saturated heterocycles. The molecule has 2 aliphatic carbocycles. The molecule has 3 aromatic rings. The lowest BCUT2D eigenvalue weighted by molar-refractivity contribution is 0.0448. The molecule has 12 nitrogen and oxygen atoms in total. The Labute approximate surface area is 223 Å². The smallest absolute Gasteiger partial charge is 0.415 e. The van der Waals surface area contributed by atoms with Gasteiger partial charge in [0.1, 0.15) is 34.7 Å². The normalized spacial score (nSPS) is 22.5. The molecule has 2 amide bonds. The second kappa shape index (κ2) is 9.95. The van der Waals surface area contributed by atoms with Gasteiger partial charge in [-0.1, -0.05) is 0 Å². The van der Waals surface area contributed by atoms with Crippen molar-refractivity contribution in [1.82, 2.24) is 24.5 Å². The first-order valence-corrected chi connectivity index (χ1v) is 12.9. The minimum atomic E-state index is -0.916. The number of anilines is 3. The standard InChI is InChI=1S/C26H32FN7O5/c1-26(2,3)39-25(38)32(4)21-12-20(29-18-6-5-9-33(24(18)37)15-10-14(27)11-15)31-22-16(13-28-34(21)22)23(36)30-17-7-8-19(17)35/h5-6,9,12-15,17,19,35H,7-8,10-11H2,1-4H3,(H,29,31)(H,30,36)/t14-,15-,17-,19-/m1/s1. The number of alkyl halides is 1. The Kier molecular flexibility index (Phi) is 6.79. The largest absolute Gasteiger partial charge is 0.443 e. The molecule has 39 heavy (non-hydrogen) atoms. The van der Waals surface area contributed by atoms with Crippen LogP contribution in [0.4, 0.5) is 26.5 Å². The third-order valence-electron chi connectivity index (χ3n) is 6.95. The maximum absolute atomic E-state index is 13.4. The van der Waals surface area contributed by atoms with Gasteiger partial charge in [-0.2, -0.15) is 9.61 Å². The number of hydrogen-bond donors (Lipinski definition) is 3. The molecule has 208 valence electrons. The first kappa shape index (κ1) is 26.6. The molecule has 0 aliphatic heterocycles. The Morgan fingerprint density at radius 2 is 2.00 bits per heavy atom. The Morgan fingerprint density at radius 1 is 1.26 bits per heavy atom. The number of pyridine rings is 1. The van der Waals surface area contributed by atoms with Crippen LogP contribution in [0.1, 0.15) is 62.9 Å². The molecule has 0 bridgehead atoms. The van der Waals surface area contributed by atoms with Crippen LogP contribution in [-0.4, -0.2) is 67.2 Å². The number of carbonyl (C=O) groups excluding carboxylic acids is 2. The first-order valence-electron chi connectivity index (χ1n) is 12.9. The van der Waals surface area contributed by atoms with Crippen molar-refractivity contribution in [3.05, 3.63) is 46.5 Å². The molecule has 0 radical (unpaired) electrons. The topological polar surface area (TPSA) is 143 Å². The predicted molar refractivity (Wildman–Crippen MR) is 141 cm³/mol. The Balaban J connectivity index is 1.53. The Hall–Kier alpha value is -4.00. The van der Waals surface area contributed by atoms with Crippen LogP contribution in [0.5, 0.6) is 0 Å². The molecule has 0 aromatic carbocycles. The summed E-state index contributed by atoms with van der Waals surface area (Å²) in [6.45, 7) is 5.23. The first-order chi connectivity index (χ1) is 18.4. The van der Waals surface area contributed by atoms with Gasteiger partial charge >= 0.3 is 6.09 Å². The molecular formula is C26H32FN7O5. The molecule has 2 aliphatic rings. The van der Waals surface area contributed by atoms with Gasteiger partial charge in [-0.15, -0.1) is 0 Å². The van der Waals surface area contributed by atoms with Crippen molar-refractivity contribution in [2.75, 3.05) is 17.3 Å². The number of halogens is 1. The summed E-state index contributed by atoms with van der Waals surface area (Å²) in [7, 11) is 1.50. The predicted octanol–water partition coefficient (Wildman–Crippen LogP) is 2.93. The molecule has 13 heteroatoms. The third-order valence-corrected chi connectivity index (χ3v) is 6.95. The monoisotopic (exact) mass is 541 g/mol. The maximum Gasteiger partial charge on any atom is 0.415 e. The van der Waals surface area contributed by atoms with E-state index in [2.05, 4.69) is 20.7 Å². The zero-order valence-electron chi connectivity index (χ0n) is 22.2. The van der Waals surface area contributed by atoms with Crippen LogP contribution in [0.2, 0.25) is 0 Å². The maximum atomic E-state index is 13.4. The summed E-state index contributed by atoms with van der Waals surface area (Å²) in [5.74, 6) is -0.0648. The number of hydrogen-bond acceptors (Lipinski definition) is 8. The van der Waals surface area contributed by atoms with Gasteiger partial charge in [0.15, 0.2) is 5.65 Å². The fraction of sp³-hybridized carbons (Fsp3) is 0.500. The van der Waals surface area contributed by atoms with Gasteiger partial charge in [0, 0.05) is 25.4 Å². The second-order valence-electron chi connectivity index (χ2n) is 11.0. The zero-order chi connectivity index (χ0) is 28.1. The molecule has 2 atom stereocenters. The van der Waals surface area contributed by atoms with Crippen LogP contribution in [0, 0.1) is 0 Å². The van der Waals surface area contributed by atoms with Crippen LogP contribution >= 0.6 is 0 Å². The van der Waals surface area contributed by atoms with Crippen LogP contribution in [0.3, 0.4) is 0 Å². The molecule has 3 N–H and O–H groups in total. The van der Waals surface area contributed by atoms with E-state index in [0.717, 1.165) is 0 Å². The summed E-state index contributed by atoms with van der Waals surface area (Å²) in [6.07, 6.45) is 2.59. The number of nitrogens with zero attached hydrogens (tertiary/aromatic N) is 5. The minimum Gasteiger partial charge on any atom is -0.443 e. The minimum absolute atomic E-state index is 0.130. The van der Waals surface area contributed by atoms with Crippen LogP contribution < -0.4 is 21.1 Å². The number of carbonyl (C=O) groups is 2. The van der Waals surface area contributed by atoms with Crippen molar-refractivity contribution in [2.24, 2.45) is 0 Å². The average Bonchev–Trinajstić information content (AvgIpc) is 3.28. The average molecular weight is 542 g/mol. The van der Waals surface area contributed by atoms with Gasteiger partial charge < -0.3 is 25.0 Å². The number of ether oxygens (including phenoxy) is 1. The van der Waals surface area contributed by atoms with Crippen molar-refractivity contribution >= 4 is 35.0 Å². The van der Waals surface area contributed by atoms with Crippen LogP contribution in [0.25, 0.3) is 5.65 Å². The fourth-order valence-corrected chi connectivity index (χ4v) is 4.51. The third kappa shape index (κ3) is 5.31. The highest BCUT2D eigenvalue weighted by atomic mass is 19.1. The van der Waals surface area contributed by atoms with Crippen molar-refractivity contribution < 1.29 is 23.8 Å². The van der Waals surface area contributed by atoms with Gasteiger partial charge in [0.25, 0.3) is 11.5 Å². The lowest BCUT2D eigenvalue weighted by Gasteiger charge is -2.32. The van der Waals surface area contributed by atoms with Gasteiger partial charge in [0.2, 0.25) is 0 Å². The summed E-state index contributed by atoms with van der Waals surface area (Å²) < 4.78 is 21.8. The van der Waals surface area contributed by atoms with Crippen molar-refractivity contribution in [3.63, 3.8) is 0 Å². The van der Waals surface area contributed by atoms with Gasteiger partial charge in [-0.05, 0) is 58.6 Å². The summed E-state index contributed by atoms with van der Waals surface area (Å²) in [5.41, 5.74) is -0.640. The SMILES string of the molecule is CN(C(=O)OC(C)(C)C)c1cc(Nc2cccn([C@H]3C[C@H](F)C3)c2=O)nc2c(C(=O)N[C@@H]3CC[C@H]3O)cnn12. The number of rotatable bonds is 6. The molecule has 3 aromatic heterocycles. The van der Waals surface area contributed by atoms with Crippen LogP contribution in [0.15, 0.2) is 35.4 Å². The molecule has 0 unspecified atom stereocenters. The molecule has 2 fully saturated rings. The number of amides is 2. The number of fused-ring (bicyclic) bond motifs is 1. The number of aromatic nitrogens is 4. The van der Waals surface area contributed by atoms with E-state index in [1.807, 2.05) is 0 Å². The van der Waals surface area contributed by atoms with E-state index >= 15 is 0 Å². The van der Waals surface area contributed by atoms with E-state index in [4.69, 9.17) is 4.74 Å². The molecule has 0 spiro atoms. The van der Waals surface area contributed by atoms with E-state index in [0.29, 0.717) is 12.8 Å². The fourth-order valence-electron chi connectivity index (χ4n) is 4.51. The van der Waals surface area contributed by atoms with Gasteiger partial charge in [0.05, 0.1) is 18.3 Å². The summed E-state index contributed by atoms with van der Waals surface area (Å²) in [4.78, 5) is 44.9.